The van der Waals surface area contributed by atoms with Crippen LogP contribution in [-0.4, -0.2) is 42.1 Å². The van der Waals surface area contributed by atoms with Gasteiger partial charge in [0, 0.05) is 34.7 Å². The smallest absolute Gasteiger partial charge is 0.340 e. The Kier molecular flexibility index (Phi) is 5.74. The maximum absolute atomic E-state index is 11.8. The zero-order valence-electron chi connectivity index (χ0n) is 11.1. The van der Waals surface area contributed by atoms with Gasteiger partial charge in [-0.15, -0.1) is 0 Å². The number of esters is 1. The molecular formula is C13H17ClN2O2S2. The summed E-state index contributed by atoms with van der Waals surface area (Å²) in [6.45, 7) is 0.769. The molecule has 1 saturated heterocycles. The van der Waals surface area contributed by atoms with Crippen LogP contribution in [0.25, 0.3) is 0 Å². The number of nitrogen functional groups attached to an aromatic ring is 1. The normalized spacial score (nSPS) is 18.6. The van der Waals surface area contributed by atoms with Gasteiger partial charge in [0.05, 0.1) is 23.4 Å². The van der Waals surface area contributed by atoms with Crippen molar-refractivity contribution < 1.29 is 9.53 Å². The number of halogens is 1. The van der Waals surface area contributed by atoms with Crippen molar-refractivity contribution in [3.05, 3.63) is 22.7 Å². The second-order valence-corrected chi connectivity index (χ2v) is 7.33. The highest BCUT2D eigenvalue weighted by Gasteiger charge is 2.19. The Labute approximate surface area is 132 Å². The number of anilines is 2. The molecule has 110 valence electrons. The second kappa shape index (κ2) is 7.33. The van der Waals surface area contributed by atoms with E-state index in [4.69, 9.17) is 22.1 Å². The van der Waals surface area contributed by atoms with Crippen LogP contribution in [0, 0.1) is 0 Å². The van der Waals surface area contributed by atoms with Gasteiger partial charge in [-0.3, -0.25) is 0 Å². The summed E-state index contributed by atoms with van der Waals surface area (Å²) in [7, 11) is 1.34. The first kappa shape index (κ1) is 15.7. The van der Waals surface area contributed by atoms with Crippen LogP contribution in [0.1, 0.15) is 10.4 Å². The SMILES string of the molecule is COC(=O)c1cc(N)cc(Cl)c1NCC1CSCCS1. The standard InChI is InChI=1S/C13H17ClN2O2S2/c1-18-13(17)10-4-8(15)5-11(14)12(10)16-6-9-7-19-2-3-20-9/h4-5,9,16H,2-3,6-7,15H2,1H3. The van der Waals surface area contributed by atoms with Crippen LogP contribution in [0.5, 0.6) is 0 Å². The third-order valence-electron chi connectivity index (χ3n) is 2.91. The van der Waals surface area contributed by atoms with Gasteiger partial charge in [-0.25, -0.2) is 4.79 Å². The van der Waals surface area contributed by atoms with Gasteiger partial charge < -0.3 is 15.8 Å². The lowest BCUT2D eigenvalue weighted by molar-refractivity contribution is 0.0602. The predicted octanol–water partition coefficient (Wildman–Crippen LogP) is 2.97. The van der Waals surface area contributed by atoms with Crippen molar-refractivity contribution in [2.75, 3.05) is 42.0 Å². The molecule has 0 radical (unpaired) electrons. The third-order valence-corrected chi connectivity index (χ3v) is 6.05. The molecule has 1 aromatic rings. The van der Waals surface area contributed by atoms with E-state index in [2.05, 4.69) is 5.32 Å². The van der Waals surface area contributed by atoms with E-state index in [0.717, 1.165) is 18.1 Å². The molecule has 1 fully saturated rings. The Morgan fingerprint density at radius 2 is 2.35 bits per heavy atom. The molecule has 7 heteroatoms. The first-order valence-electron chi connectivity index (χ1n) is 6.22. The zero-order chi connectivity index (χ0) is 14.5. The van der Waals surface area contributed by atoms with Crippen molar-refractivity contribution >= 4 is 52.5 Å². The van der Waals surface area contributed by atoms with Gasteiger partial charge in [0.15, 0.2) is 0 Å². The number of methoxy groups -OCH3 is 1. The average molecular weight is 333 g/mol. The summed E-state index contributed by atoms with van der Waals surface area (Å²) in [5.74, 6) is 3.04. The second-order valence-electron chi connectivity index (χ2n) is 4.37. The molecule has 1 aliphatic rings. The summed E-state index contributed by atoms with van der Waals surface area (Å²) in [5, 5.41) is 4.24. The molecule has 1 aromatic carbocycles. The number of ether oxygens (including phenoxy) is 1. The van der Waals surface area contributed by atoms with Crippen molar-refractivity contribution in [1.82, 2.24) is 0 Å². The van der Waals surface area contributed by atoms with Crippen molar-refractivity contribution in [1.29, 1.82) is 0 Å². The minimum Gasteiger partial charge on any atom is -0.465 e. The van der Waals surface area contributed by atoms with E-state index in [1.165, 1.54) is 12.9 Å². The van der Waals surface area contributed by atoms with Gasteiger partial charge >= 0.3 is 5.97 Å². The van der Waals surface area contributed by atoms with E-state index in [9.17, 15) is 4.79 Å². The first-order valence-corrected chi connectivity index (χ1v) is 8.80. The molecular weight excluding hydrogens is 316 g/mol. The summed E-state index contributed by atoms with van der Waals surface area (Å²) in [6.07, 6.45) is 0. The number of hydrogen-bond donors (Lipinski definition) is 2. The molecule has 20 heavy (non-hydrogen) atoms. The summed E-state index contributed by atoms with van der Waals surface area (Å²) < 4.78 is 4.78. The minimum absolute atomic E-state index is 0.381. The fraction of sp³-hybridized carbons (Fsp3) is 0.462. The van der Waals surface area contributed by atoms with E-state index < -0.39 is 5.97 Å². The highest BCUT2D eigenvalue weighted by atomic mass is 35.5. The Hall–Kier alpha value is -0.720. The fourth-order valence-electron chi connectivity index (χ4n) is 1.95. The molecule has 0 aromatic heterocycles. The molecule has 0 bridgehead atoms. The van der Waals surface area contributed by atoms with Crippen LogP contribution in [0.15, 0.2) is 12.1 Å². The van der Waals surface area contributed by atoms with E-state index in [0.29, 0.717) is 27.2 Å². The van der Waals surface area contributed by atoms with Crippen LogP contribution < -0.4 is 11.1 Å². The van der Waals surface area contributed by atoms with Gasteiger partial charge in [-0.05, 0) is 12.1 Å². The van der Waals surface area contributed by atoms with Crippen molar-refractivity contribution in [3.8, 4) is 0 Å². The summed E-state index contributed by atoms with van der Waals surface area (Å²) in [4.78, 5) is 11.8. The van der Waals surface area contributed by atoms with Gasteiger partial charge in [0.1, 0.15) is 0 Å². The van der Waals surface area contributed by atoms with Crippen LogP contribution >= 0.6 is 35.1 Å². The van der Waals surface area contributed by atoms with Crippen LogP contribution in [0.2, 0.25) is 5.02 Å². The summed E-state index contributed by atoms with van der Waals surface area (Å²) in [6, 6.07) is 3.22. The molecule has 0 aliphatic carbocycles. The number of thioether (sulfide) groups is 2. The van der Waals surface area contributed by atoms with Gasteiger partial charge in [-0.2, -0.15) is 23.5 Å². The van der Waals surface area contributed by atoms with Gasteiger partial charge in [0.2, 0.25) is 0 Å². The number of nitrogens with one attached hydrogen (secondary N) is 1. The highest BCUT2D eigenvalue weighted by Crippen LogP contribution is 2.31. The maximum Gasteiger partial charge on any atom is 0.340 e. The number of rotatable bonds is 4. The molecule has 1 unspecified atom stereocenters. The molecule has 0 saturated carbocycles. The first-order chi connectivity index (χ1) is 9.61. The van der Waals surface area contributed by atoms with Crippen molar-refractivity contribution in [2.45, 2.75) is 5.25 Å². The quantitative estimate of drug-likeness (QED) is 0.653. The highest BCUT2D eigenvalue weighted by molar-refractivity contribution is 8.06. The third kappa shape index (κ3) is 3.90. The molecule has 2 rings (SSSR count). The minimum atomic E-state index is -0.438. The average Bonchev–Trinajstić information content (AvgIpc) is 2.46. The topological polar surface area (TPSA) is 64.3 Å². The Bertz CT molecular complexity index is 494. The predicted molar refractivity (Wildman–Crippen MR) is 89.3 cm³/mol. The molecule has 1 aliphatic heterocycles. The Balaban J connectivity index is 2.14. The summed E-state index contributed by atoms with van der Waals surface area (Å²) >= 11 is 10.1. The lowest BCUT2D eigenvalue weighted by Crippen LogP contribution is -2.24. The molecule has 4 nitrogen and oxygen atoms in total. The molecule has 3 N–H and O–H groups in total. The number of hydrogen-bond acceptors (Lipinski definition) is 6. The van der Waals surface area contributed by atoms with Crippen molar-refractivity contribution in [3.63, 3.8) is 0 Å². The van der Waals surface area contributed by atoms with E-state index in [1.54, 1.807) is 12.1 Å². The van der Waals surface area contributed by atoms with Gasteiger partial charge in [0.25, 0.3) is 0 Å². The largest absolute Gasteiger partial charge is 0.465 e. The van der Waals surface area contributed by atoms with Gasteiger partial charge in [-0.1, -0.05) is 11.6 Å². The Morgan fingerprint density at radius 3 is 3.00 bits per heavy atom. The van der Waals surface area contributed by atoms with E-state index >= 15 is 0 Å². The maximum atomic E-state index is 11.8. The number of benzene rings is 1. The van der Waals surface area contributed by atoms with E-state index in [1.807, 2.05) is 23.5 Å². The van der Waals surface area contributed by atoms with E-state index in [-0.39, 0.29) is 0 Å². The fourth-order valence-corrected chi connectivity index (χ4v) is 4.86. The summed E-state index contributed by atoms with van der Waals surface area (Å²) in [5.41, 5.74) is 7.16. The number of carbonyl (C=O) groups is 1. The van der Waals surface area contributed by atoms with Crippen LogP contribution in [0.4, 0.5) is 11.4 Å². The van der Waals surface area contributed by atoms with Crippen molar-refractivity contribution in [2.24, 2.45) is 0 Å². The Morgan fingerprint density at radius 1 is 1.55 bits per heavy atom. The van der Waals surface area contributed by atoms with Crippen LogP contribution in [0.3, 0.4) is 0 Å². The number of nitrogens with two attached hydrogens (primary N) is 1. The number of carbonyl (C=O) groups excluding carboxylic acids is 1. The molecule has 0 amide bonds. The monoisotopic (exact) mass is 332 g/mol. The zero-order valence-corrected chi connectivity index (χ0v) is 13.5. The molecule has 1 atom stereocenters. The molecule has 0 spiro atoms. The van der Waals surface area contributed by atoms with Crippen LogP contribution in [-0.2, 0) is 4.74 Å². The lowest BCUT2D eigenvalue weighted by Gasteiger charge is -2.22. The lowest BCUT2D eigenvalue weighted by atomic mass is 10.1. The molecule has 1 heterocycles.